The number of carbonyl (C=O) groups excluding carboxylic acids is 2. The van der Waals surface area contributed by atoms with Crippen molar-refractivity contribution in [2.24, 2.45) is 0 Å². The molecule has 0 spiro atoms. The molecule has 2 aliphatic heterocycles. The summed E-state index contributed by atoms with van der Waals surface area (Å²) in [4.78, 5) is 27.1. The first-order chi connectivity index (χ1) is 21.7. The minimum absolute atomic E-state index is 0.0326. The lowest BCUT2D eigenvalue weighted by Crippen LogP contribution is -2.54. The van der Waals surface area contributed by atoms with E-state index in [4.69, 9.17) is 18.9 Å². The summed E-state index contributed by atoms with van der Waals surface area (Å²) in [6.07, 6.45) is -11.6. The Hall–Kier alpha value is -3.18. The van der Waals surface area contributed by atoms with Crippen molar-refractivity contribution in [2.75, 3.05) is 0 Å². The van der Waals surface area contributed by atoms with Gasteiger partial charge >= 0.3 is 0 Å². The maximum absolute atomic E-state index is 13.6. The Morgan fingerprint density at radius 2 is 1.43 bits per heavy atom. The first-order valence-corrected chi connectivity index (χ1v) is 15.3. The second-order valence-corrected chi connectivity index (χ2v) is 12.6. The predicted octanol–water partition coefficient (Wildman–Crippen LogP) is 0.952. The van der Waals surface area contributed by atoms with Crippen molar-refractivity contribution in [2.45, 2.75) is 113 Å². The molecule has 2 fully saturated rings. The minimum Gasteiger partial charge on any atom is -0.507 e. The molecule has 0 saturated carbocycles. The average molecular weight is 647 g/mol. The number of phenols is 3. The van der Waals surface area contributed by atoms with Crippen LogP contribution in [-0.2, 0) is 18.9 Å². The van der Waals surface area contributed by atoms with E-state index in [9.17, 15) is 50.4 Å². The Labute approximate surface area is 263 Å². The van der Waals surface area contributed by atoms with Crippen molar-refractivity contribution in [3.8, 4) is 17.2 Å². The zero-order valence-electron chi connectivity index (χ0n) is 25.4. The van der Waals surface area contributed by atoms with Crippen LogP contribution in [0.2, 0.25) is 0 Å². The van der Waals surface area contributed by atoms with Crippen LogP contribution in [-0.4, -0.2) is 107 Å². The number of aromatic hydroxyl groups is 3. The molecule has 0 radical (unpaired) electrons. The highest BCUT2D eigenvalue weighted by atomic mass is 16.7. The standard InChI is InChI=1S/C32H38O14/c1-4-32(42)10-17(45-18-9-16(35)30(12(3)44-18)46-19-8-15(34)25(36)11(2)43-19)21-24(31(32)41)29(40)22-23(28(21)39)27(38)20-13(26(22)37)6-5-7-14(20)33/h5-7,11-12,15-19,25,30-31,33-36,39-42H,4,8-10H2,1-3H3/t11-,12-,15-,16-,17-,18-,19-,25+,30+,31+,32+/m0/s1. The van der Waals surface area contributed by atoms with Crippen molar-refractivity contribution >= 4 is 11.6 Å². The summed E-state index contributed by atoms with van der Waals surface area (Å²) >= 11 is 0. The molecule has 0 aromatic heterocycles. The molecule has 4 aliphatic rings. The van der Waals surface area contributed by atoms with Gasteiger partial charge in [-0.25, -0.2) is 0 Å². The monoisotopic (exact) mass is 646 g/mol. The van der Waals surface area contributed by atoms with E-state index in [1.807, 2.05) is 0 Å². The quantitative estimate of drug-likeness (QED) is 0.180. The van der Waals surface area contributed by atoms with E-state index in [1.165, 1.54) is 18.2 Å². The highest BCUT2D eigenvalue weighted by molar-refractivity contribution is 6.31. The number of carbonyl (C=O) groups is 2. The van der Waals surface area contributed by atoms with E-state index in [0.717, 1.165) is 0 Å². The topological polar surface area (TPSA) is 233 Å². The van der Waals surface area contributed by atoms with Gasteiger partial charge in [-0.1, -0.05) is 19.1 Å². The number of phenolic OH excluding ortho intramolecular Hbond substituents is 3. The second-order valence-electron chi connectivity index (χ2n) is 12.6. The molecular formula is C32H38O14. The number of hydrogen-bond acceptors (Lipinski definition) is 14. The third-order valence-corrected chi connectivity index (χ3v) is 9.69. The van der Waals surface area contributed by atoms with Crippen molar-refractivity contribution in [3.05, 3.63) is 51.6 Å². The molecule has 14 nitrogen and oxygen atoms in total. The summed E-state index contributed by atoms with van der Waals surface area (Å²) in [6.45, 7) is 4.77. The molecule has 2 aromatic rings. The number of benzene rings is 2. The van der Waals surface area contributed by atoms with Crippen molar-refractivity contribution < 1.29 is 69.4 Å². The third kappa shape index (κ3) is 5.09. The number of ether oxygens (including phenoxy) is 4. The maximum Gasteiger partial charge on any atom is 0.202 e. The van der Waals surface area contributed by atoms with Gasteiger partial charge in [0, 0.05) is 36.0 Å². The lowest BCUT2D eigenvalue weighted by atomic mass is 9.70. The number of hydrogen-bond donors (Lipinski definition) is 8. The van der Waals surface area contributed by atoms with Crippen LogP contribution < -0.4 is 0 Å². The number of ketones is 2. The number of rotatable bonds is 5. The summed E-state index contributed by atoms with van der Waals surface area (Å²) in [6, 6.07) is 3.84. The summed E-state index contributed by atoms with van der Waals surface area (Å²) in [5.74, 6) is -3.89. The van der Waals surface area contributed by atoms with Crippen LogP contribution >= 0.6 is 0 Å². The van der Waals surface area contributed by atoms with E-state index in [2.05, 4.69) is 0 Å². The van der Waals surface area contributed by atoms with E-state index < -0.39 is 113 Å². The molecule has 2 saturated heterocycles. The molecule has 0 unspecified atom stereocenters. The molecule has 2 heterocycles. The van der Waals surface area contributed by atoms with E-state index in [1.54, 1.807) is 20.8 Å². The van der Waals surface area contributed by atoms with Crippen LogP contribution in [0.1, 0.15) is 102 Å². The Kier molecular flexibility index (Phi) is 8.41. The van der Waals surface area contributed by atoms with E-state index in [0.29, 0.717) is 0 Å². The van der Waals surface area contributed by atoms with E-state index >= 15 is 0 Å². The van der Waals surface area contributed by atoms with Crippen molar-refractivity contribution in [1.82, 2.24) is 0 Å². The highest BCUT2D eigenvalue weighted by Crippen LogP contribution is 2.56. The van der Waals surface area contributed by atoms with Crippen LogP contribution in [0.5, 0.6) is 17.2 Å². The zero-order valence-corrected chi connectivity index (χ0v) is 25.4. The summed E-state index contributed by atoms with van der Waals surface area (Å²) in [5.41, 5.74) is -4.26. The van der Waals surface area contributed by atoms with Gasteiger partial charge in [0.05, 0.1) is 52.8 Å². The molecule has 6 rings (SSSR count). The zero-order chi connectivity index (χ0) is 33.4. The summed E-state index contributed by atoms with van der Waals surface area (Å²) in [5, 5.41) is 87.2. The van der Waals surface area contributed by atoms with Gasteiger partial charge in [0.25, 0.3) is 0 Å². The first-order valence-electron chi connectivity index (χ1n) is 15.3. The Morgan fingerprint density at radius 1 is 0.826 bits per heavy atom. The van der Waals surface area contributed by atoms with Crippen LogP contribution in [0.4, 0.5) is 0 Å². The highest BCUT2D eigenvalue weighted by Gasteiger charge is 2.52. The van der Waals surface area contributed by atoms with Gasteiger partial charge < -0.3 is 59.8 Å². The molecule has 0 bridgehead atoms. The fraction of sp³-hybridized carbons (Fsp3) is 0.562. The SMILES string of the molecule is CC[C@@]1(O)C[C@H](O[C@H]2C[C@H](O)[C@H](O[C@H]3C[C@H](O)[C@H](O)[C@H](C)O3)[C@H](C)O2)c2c(O)c3c(c(O)c2[C@H]1O)C(=O)c1cccc(O)c1C3=O. The molecule has 46 heavy (non-hydrogen) atoms. The average Bonchev–Trinajstić information content (AvgIpc) is 2.99. The molecule has 0 amide bonds. The van der Waals surface area contributed by atoms with Crippen LogP contribution in [0.25, 0.3) is 0 Å². The van der Waals surface area contributed by atoms with Gasteiger partial charge in [0.1, 0.15) is 35.6 Å². The maximum atomic E-state index is 13.6. The van der Waals surface area contributed by atoms with Crippen LogP contribution in [0, 0.1) is 0 Å². The Bertz CT molecular complexity index is 1530. The van der Waals surface area contributed by atoms with Gasteiger partial charge in [0.15, 0.2) is 18.4 Å². The number of aliphatic hydroxyl groups is 5. The normalized spacial score (nSPS) is 37.4. The fourth-order valence-corrected chi connectivity index (χ4v) is 7.07. The second kappa shape index (κ2) is 11.8. The first kappa shape index (κ1) is 32.7. The van der Waals surface area contributed by atoms with Gasteiger partial charge in [-0.2, -0.15) is 0 Å². The summed E-state index contributed by atoms with van der Waals surface area (Å²) < 4.78 is 23.7. The van der Waals surface area contributed by atoms with Crippen LogP contribution in [0.3, 0.4) is 0 Å². The van der Waals surface area contributed by atoms with Gasteiger partial charge in [-0.15, -0.1) is 0 Å². The Morgan fingerprint density at radius 3 is 2.09 bits per heavy atom. The number of fused-ring (bicyclic) bond motifs is 3. The molecule has 11 atom stereocenters. The largest absolute Gasteiger partial charge is 0.507 e. The fourth-order valence-electron chi connectivity index (χ4n) is 7.07. The smallest absolute Gasteiger partial charge is 0.202 e. The molecule has 8 N–H and O–H groups in total. The molecule has 2 aromatic carbocycles. The van der Waals surface area contributed by atoms with Gasteiger partial charge in [-0.3, -0.25) is 9.59 Å². The minimum atomic E-state index is -1.90. The molecular weight excluding hydrogens is 608 g/mol. The third-order valence-electron chi connectivity index (χ3n) is 9.69. The van der Waals surface area contributed by atoms with Crippen molar-refractivity contribution in [3.63, 3.8) is 0 Å². The molecule has 14 heteroatoms. The molecule has 250 valence electrons. The lowest BCUT2D eigenvalue weighted by molar-refractivity contribution is -0.318. The van der Waals surface area contributed by atoms with Crippen LogP contribution in [0.15, 0.2) is 18.2 Å². The van der Waals surface area contributed by atoms with Crippen molar-refractivity contribution in [1.29, 1.82) is 0 Å². The molecule has 2 aliphatic carbocycles. The number of aliphatic hydroxyl groups excluding tert-OH is 4. The predicted molar refractivity (Wildman–Crippen MR) is 154 cm³/mol. The Balaban J connectivity index is 1.32. The van der Waals surface area contributed by atoms with Gasteiger partial charge in [0.2, 0.25) is 5.78 Å². The van der Waals surface area contributed by atoms with E-state index in [-0.39, 0.29) is 42.4 Å². The van der Waals surface area contributed by atoms with Gasteiger partial charge in [-0.05, 0) is 26.3 Å². The lowest BCUT2D eigenvalue weighted by Gasteiger charge is -2.45. The summed E-state index contributed by atoms with van der Waals surface area (Å²) in [7, 11) is 0.